The molecule has 2 nitrogen and oxygen atoms in total. The van der Waals surface area contributed by atoms with E-state index in [9.17, 15) is 0 Å². The third kappa shape index (κ3) is 0.939. The molecule has 0 aliphatic heterocycles. The van der Waals surface area contributed by atoms with Crippen molar-refractivity contribution >= 4 is 32.5 Å². The Kier molecular flexibility index (Phi) is 1.34. The fraction of sp³-hybridized carbons (Fsp3) is 0. The molecule has 0 spiro atoms. The first-order valence-corrected chi connectivity index (χ1v) is 4.90. The molecule has 0 amide bonds. The average Bonchev–Trinajstić information content (AvgIpc) is 2.65. The Morgan fingerprint density at radius 1 is 1.00 bits per heavy atom. The van der Waals surface area contributed by atoms with Crippen molar-refractivity contribution in [2.75, 3.05) is 0 Å². The van der Waals surface area contributed by atoms with Gasteiger partial charge in [0, 0.05) is 11.6 Å². The minimum Gasteiger partial charge on any atom is -0.254 e. The summed E-state index contributed by atoms with van der Waals surface area (Å²) in [5.41, 5.74) is 3.88. The molecule has 0 radical (unpaired) electrons. The molecule has 3 aromatic rings. The lowest BCUT2D eigenvalue weighted by atomic mass is 10.2. The van der Waals surface area contributed by atoms with Gasteiger partial charge < -0.3 is 0 Å². The van der Waals surface area contributed by atoms with Gasteiger partial charge in [0.2, 0.25) is 0 Å². The monoisotopic (exact) mass is 186 g/mol. The lowest BCUT2D eigenvalue weighted by molar-refractivity contribution is 1.40. The third-order valence-corrected chi connectivity index (χ3v) is 2.87. The van der Waals surface area contributed by atoms with Gasteiger partial charge in [-0.3, -0.25) is 4.98 Å². The third-order valence-electron chi connectivity index (χ3n) is 2.07. The van der Waals surface area contributed by atoms with Crippen LogP contribution in [0.3, 0.4) is 0 Å². The van der Waals surface area contributed by atoms with E-state index < -0.39 is 0 Å². The molecule has 13 heavy (non-hydrogen) atoms. The van der Waals surface area contributed by atoms with Crippen LogP contribution in [0, 0.1) is 0 Å². The minimum absolute atomic E-state index is 1.00. The molecule has 0 atom stereocenters. The molecule has 0 bridgehead atoms. The van der Waals surface area contributed by atoms with Gasteiger partial charge in [-0.2, -0.15) is 0 Å². The number of pyridine rings is 1. The summed E-state index contributed by atoms with van der Waals surface area (Å²) < 4.78 is 1.20. The fourth-order valence-electron chi connectivity index (χ4n) is 1.47. The SMILES string of the molecule is c1cnc2c(c1)ccc1scnc12. The quantitative estimate of drug-likeness (QED) is 0.539. The Bertz CT molecular complexity index is 571. The highest BCUT2D eigenvalue weighted by molar-refractivity contribution is 7.16. The molecular weight excluding hydrogens is 180 g/mol. The highest BCUT2D eigenvalue weighted by Gasteiger charge is 2.01. The van der Waals surface area contributed by atoms with Crippen molar-refractivity contribution in [1.82, 2.24) is 9.97 Å². The summed E-state index contributed by atoms with van der Waals surface area (Å²) >= 11 is 1.65. The van der Waals surface area contributed by atoms with E-state index in [-0.39, 0.29) is 0 Å². The van der Waals surface area contributed by atoms with Crippen molar-refractivity contribution in [2.24, 2.45) is 0 Å². The van der Waals surface area contributed by atoms with Gasteiger partial charge in [-0.15, -0.1) is 11.3 Å². The van der Waals surface area contributed by atoms with Crippen LogP contribution in [-0.2, 0) is 0 Å². The van der Waals surface area contributed by atoms with E-state index in [1.54, 1.807) is 17.5 Å². The second-order valence-corrected chi connectivity index (χ2v) is 3.73. The van der Waals surface area contributed by atoms with Gasteiger partial charge in [-0.05, 0) is 12.1 Å². The predicted octanol–water partition coefficient (Wildman–Crippen LogP) is 2.84. The van der Waals surface area contributed by atoms with Crippen LogP contribution in [0.15, 0.2) is 36.0 Å². The smallest absolute Gasteiger partial charge is 0.107 e. The van der Waals surface area contributed by atoms with Crippen LogP contribution in [-0.4, -0.2) is 9.97 Å². The zero-order chi connectivity index (χ0) is 8.67. The van der Waals surface area contributed by atoms with E-state index in [0.717, 1.165) is 16.4 Å². The van der Waals surface area contributed by atoms with Crippen LogP contribution < -0.4 is 0 Å². The number of hydrogen-bond donors (Lipinski definition) is 0. The van der Waals surface area contributed by atoms with Crippen LogP contribution in [0.5, 0.6) is 0 Å². The van der Waals surface area contributed by atoms with Crippen molar-refractivity contribution in [3.63, 3.8) is 0 Å². The van der Waals surface area contributed by atoms with Crippen LogP contribution in [0.2, 0.25) is 0 Å². The van der Waals surface area contributed by atoms with Crippen LogP contribution in [0.1, 0.15) is 0 Å². The van der Waals surface area contributed by atoms with Gasteiger partial charge in [-0.25, -0.2) is 4.98 Å². The fourth-order valence-corrected chi connectivity index (χ4v) is 2.15. The number of thiazole rings is 1. The Morgan fingerprint density at radius 3 is 3.00 bits per heavy atom. The predicted molar refractivity (Wildman–Crippen MR) is 54.9 cm³/mol. The van der Waals surface area contributed by atoms with E-state index in [0.29, 0.717) is 0 Å². The van der Waals surface area contributed by atoms with E-state index in [1.165, 1.54) is 4.70 Å². The number of nitrogens with zero attached hydrogens (tertiary/aromatic N) is 2. The molecule has 62 valence electrons. The minimum atomic E-state index is 1.00. The van der Waals surface area contributed by atoms with Crippen LogP contribution >= 0.6 is 11.3 Å². The molecule has 2 heterocycles. The first kappa shape index (κ1) is 6.97. The van der Waals surface area contributed by atoms with Gasteiger partial charge in [0.15, 0.2) is 0 Å². The number of rotatable bonds is 0. The lowest BCUT2D eigenvalue weighted by Gasteiger charge is -1.95. The summed E-state index contributed by atoms with van der Waals surface area (Å²) in [6.07, 6.45) is 1.81. The average molecular weight is 186 g/mol. The molecule has 0 aliphatic carbocycles. The van der Waals surface area contributed by atoms with Crippen LogP contribution in [0.4, 0.5) is 0 Å². The van der Waals surface area contributed by atoms with E-state index in [1.807, 2.05) is 11.6 Å². The van der Waals surface area contributed by atoms with Gasteiger partial charge in [0.1, 0.15) is 5.52 Å². The highest BCUT2D eigenvalue weighted by Crippen LogP contribution is 2.24. The number of benzene rings is 1. The molecule has 3 heteroatoms. The van der Waals surface area contributed by atoms with Crippen molar-refractivity contribution < 1.29 is 0 Å². The van der Waals surface area contributed by atoms with E-state index in [2.05, 4.69) is 28.2 Å². The second kappa shape index (κ2) is 2.50. The van der Waals surface area contributed by atoms with Gasteiger partial charge in [0.05, 0.1) is 15.7 Å². The van der Waals surface area contributed by atoms with Crippen molar-refractivity contribution in [3.05, 3.63) is 36.0 Å². The van der Waals surface area contributed by atoms with Gasteiger partial charge >= 0.3 is 0 Å². The lowest BCUT2D eigenvalue weighted by Crippen LogP contribution is -1.78. The second-order valence-electron chi connectivity index (χ2n) is 2.84. The molecular formula is C10H6N2S. The highest BCUT2D eigenvalue weighted by atomic mass is 32.1. The maximum Gasteiger partial charge on any atom is 0.107 e. The van der Waals surface area contributed by atoms with Crippen molar-refractivity contribution in [1.29, 1.82) is 0 Å². The Morgan fingerprint density at radius 2 is 2.00 bits per heavy atom. The first-order valence-electron chi connectivity index (χ1n) is 4.02. The molecule has 0 fully saturated rings. The zero-order valence-corrected chi connectivity index (χ0v) is 7.58. The number of aromatic nitrogens is 2. The Hall–Kier alpha value is -1.48. The number of fused-ring (bicyclic) bond motifs is 3. The summed E-state index contributed by atoms with van der Waals surface area (Å²) in [7, 11) is 0. The van der Waals surface area contributed by atoms with Gasteiger partial charge in [0.25, 0.3) is 0 Å². The molecule has 2 aromatic heterocycles. The van der Waals surface area contributed by atoms with Crippen molar-refractivity contribution in [3.8, 4) is 0 Å². The molecule has 0 saturated carbocycles. The molecule has 0 saturated heterocycles. The maximum absolute atomic E-state index is 4.33. The topological polar surface area (TPSA) is 25.8 Å². The summed E-state index contributed by atoms with van der Waals surface area (Å²) in [5, 5.41) is 1.15. The van der Waals surface area contributed by atoms with Crippen molar-refractivity contribution in [2.45, 2.75) is 0 Å². The molecule has 3 rings (SSSR count). The van der Waals surface area contributed by atoms with Crippen LogP contribution in [0.25, 0.3) is 21.1 Å². The Labute approximate surface area is 78.9 Å². The molecule has 0 N–H and O–H groups in total. The van der Waals surface area contributed by atoms with E-state index >= 15 is 0 Å². The normalized spacial score (nSPS) is 11.1. The standard InChI is InChI=1S/C10H6N2S/c1-2-7-3-4-8-10(12-6-13-8)9(7)11-5-1/h1-6H. The largest absolute Gasteiger partial charge is 0.254 e. The number of hydrogen-bond acceptors (Lipinski definition) is 3. The summed E-state index contributed by atoms with van der Waals surface area (Å²) in [6.45, 7) is 0. The Balaban J connectivity index is 2.65. The maximum atomic E-state index is 4.33. The summed E-state index contributed by atoms with van der Waals surface area (Å²) in [5.74, 6) is 0. The van der Waals surface area contributed by atoms with E-state index in [4.69, 9.17) is 0 Å². The summed E-state index contributed by atoms with van der Waals surface area (Å²) in [6, 6.07) is 8.18. The van der Waals surface area contributed by atoms with Gasteiger partial charge in [-0.1, -0.05) is 12.1 Å². The summed E-state index contributed by atoms with van der Waals surface area (Å²) in [4.78, 5) is 8.63. The first-order chi connectivity index (χ1) is 6.45. The molecule has 0 unspecified atom stereocenters. The molecule has 1 aromatic carbocycles. The zero-order valence-electron chi connectivity index (χ0n) is 6.77. The molecule has 0 aliphatic rings.